The average Bonchev–Trinajstić information content (AvgIpc) is 3.70. The highest BCUT2D eigenvalue weighted by molar-refractivity contribution is 6.07. The van der Waals surface area contributed by atoms with E-state index in [1.807, 2.05) is 56.3 Å². The molecule has 6 rings (SSSR count). The monoisotopic (exact) mass is 526 g/mol. The third-order valence-electron chi connectivity index (χ3n) is 8.13. The van der Waals surface area contributed by atoms with E-state index in [-0.39, 0.29) is 36.0 Å². The Hall–Kier alpha value is -4.14. The van der Waals surface area contributed by atoms with Crippen molar-refractivity contribution in [3.05, 3.63) is 83.4 Å². The fourth-order valence-corrected chi connectivity index (χ4v) is 5.75. The summed E-state index contributed by atoms with van der Waals surface area (Å²) in [6.45, 7) is 7.03. The van der Waals surface area contributed by atoms with Crippen LogP contribution in [0.15, 0.2) is 60.9 Å². The molecule has 0 spiro atoms. The minimum Gasteiger partial charge on any atom is -0.368 e. The molecule has 1 saturated carbocycles. The molecule has 1 saturated heterocycles. The summed E-state index contributed by atoms with van der Waals surface area (Å²) in [6.07, 6.45) is 3.24. The van der Waals surface area contributed by atoms with Crippen LogP contribution in [-0.4, -0.2) is 74.8 Å². The number of aryl methyl sites for hydroxylation is 1. The first kappa shape index (κ1) is 25.2. The Bertz CT molecular complexity index is 1390. The molecule has 3 amide bonds. The van der Waals surface area contributed by atoms with Gasteiger partial charge in [0.2, 0.25) is 5.91 Å². The van der Waals surface area contributed by atoms with Crippen LogP contribution in [0.4, 0.5) is 5.69 Å². The second kappa shape index (κ2) is 9.87. The number of hydrogen-bond acceptors (Lipinski definition) is 5. The van der Waals surface area contributed by atoms with Crippen molar-refractivity contribution in [2.45, 2.75) is 51.4 Å². The molecule has 2 fully saturated rings. The van der Waals surface area contributed by atoms with Gasteiger partial charge in [-0.2, -0.15) is 0 Å². The van der Waals surface area contributed by atoms with Crippen molar-refractivity contribution in [3.63, 3.8) is 0 Å². The molecule has 3 heterocycles. The summed E-state index contributed by atoms with van der Waals surface area (Å²) < 4.78 is 1.69. The number of piperazine rings is 1. The number of para-hydroxylation sites is 1. The summed E-state index contributed by atoms with van der Waals surface area (Å²) in [5, 5.41) is 3.05. The molecule has 1 unspecified atom stereocenters. The van der Waals surface area contributed by atoms with Crippen LogP contribution in [0.2, 0.25) is 0 Å². The molecule has 3 aromatic rings. The summed E-state index contributed by atoms with van der Waals surface area (Å²) in [6, 6.07) is 18.2. The van der Waals surface area contributed by atoms with Crippen LogP contribution in [0.25, 0.3) is 0 Å². The lowest BCUT2D eigenvalue weighted by Gasteiger charge is -2.44. The molecule has 1 atom stereocenters. The number of carbonyl (C=O) groups is 3. The van der Waals surface area contributed by atoms with Crippen molar-refractivity contribution in [3.8, 4) is 0 Å². The Morgan fingerprint density at radius 2 is 1.69 bits per heavy atom. The summed E-state index contributed by atoms with van der Waals surface area (Å²) in [7, 11) is 0. The molecule has 0 bridgehead atoms. The Morgan fingerprint density at radius 1 is 1.00 bits per heavy atom. The van der Waals surface area contributed by atoms with Gasteiger partial charge in [0.05, 0.1) is 12.9 Å². The van der Waals surface area contributed by atoms with Gasteiger partial charge in [0.25, 0.3) is 11.8 Å². The van der Waals surface area contributed by atoms with E-state index in [2.05, 4.69) is 27.3 Å². The van der Waals surface area contributed by atoms with E-state index in [4.69, 9.17) is 0 Å². The largest absolute Gasteiger partial charge is 0.368 e. The molecule has 2 aromatic carbocycles. The molecule has 1 aromatic heterocycles. The lowest BCUT2D eigenvalue weighted by molar-refractivity contribution is -0.133. The van der Waals surface area contributed by atoms with E-state index in [1.54, 1.807) is 14.4 Å². The number of fused-ring (bicyclic) bond motifs is 1. The van der Waals surface area contributed by atoms with Crippen LogP contribution in [-0.2, 0) is 17.9 Å². The standard InChI is InChI=1S/C30H34N6O3/c1-21-8-10-22(11-9-21)18-31-29(39)30(2)19-35-20-32-25(26(35)28(38)36(30)24-12-13-24)27(37)34-16-14-33(15-17-34)23-6-4-3-5-7-23/h3-11,20,24H,12-19H2,1-2H3,(H,31,39). The van der Waals surface area contributed by atoms with E-state index in [0.29, 0.717) is 38.4 Å². The Balaban J connectivity index is 1.19. The van der Waals surface area contributed by atoms with E-state index >= 15 is 0 Å². The third-order valence-corrected chi connectivity index (χ3v) is 8.13. The number of carbonyl (C=O) groups excluding carboxylic acids is 3. The van der Waals surface area contributed by atoms with Gasteiger partial charge in [0.15, 0.2) is 5.69 Å². The molecule has 202 valence electrons. The molecule has 0 radical (unpaired) electrons. The molecular formula is C30H34N6O3. The number of imidazole rings is 1. The Morgan fingerprint density at radius 3 is 2.36 bits per heavy atom. The first-order valence-electron chi connectivity index (χ1n) is 13.7. The van der Waals surface area contributed by atoms with Gasteiger partial charge in [-0.05, 0) is 44.4 Å². The summed E-state index contributed by atoms with van der Waals surface area (Å²) >= 11 is 0. The highest BCUT2D eigenvalue weighted by atomic mass is 16.2. The van der Waals surface area contributed by atoms with Crippen LogP contribution < -0.4 is 10.2 Å². The van der Waals surface area contributed by atoms with Crippen molar-refractivity contribution >= 4 is 23.4 Å². The van der Waals surface area contributed by atoms with Crippen LogP contribution in [0.5, 0.6) is 0 Å². The predicted molar refractivity (Wildman–Crippen MR) is 147 cm³/mol. The predicted octanol–water partition coefficient (Wildman–Crippen LogP) is 2.85. The van der Waals surface area contributed by atoms with Gasteiger partial charge in [-0.1, -0.05) is 48.0 Å². The summed E-state index contributed by atoms with van der Waals surface area (Å²) in [4.78, 5) is 51.3. The number of aromatic nitrogens is 2. The van der Waals surface area contributed by atoms with Crippen molar-refractivity contribution in [2.75, 3.05) is 31.1 Å². The average molecular weight is 527 g/mol. The second-order valence-corrected chi connectivity index (χ2v) is 11.0. The fourth-order valence-electron chi connectivity index (χ4n) is 5.75. The van der Waals surface area contributed by atoms with Gasteiger partial charge in [-0.25, -0.2) is 4.98 Å². The molecular weight excluding hydrogens is 492 g/mol. The molecule has 1 N–H and O–H groups in total. The minimum absolute atomic E-state index is 0.00588. The van der Waals surface area contributed by atoms with Gasteiger partial charge >= 0.3 is 0 Å². The minimum atomic E-state index is -1.07. The molecule has 1 aliphatic carbocycles. The Kier molecular flexibility index (Phi) is 6.37. The molecule has 39 heavy (non-hydrogen) atoms. The van der Waals surface area contributed by atoms with Gasteiger partial charge in [0.1, 0.15) is 11.2 Å². The van der Waals surface area contributed by atoms with Gasteiger partial charge in [-0.3, -0.25) is 14.4 Å². The zero-order valence-corrected chi connectivity index (χ0v) is 22.5. The quantitative estimate of drug-likeness (QED) is 0.534. The fraction of sp³-hybridized carbons (Fsp3) is 0.400. The number of anilines is 1. The topological polar surface area (TPSA) is 90.8 Å². The number of nitrogens with one attached hydrogen (secondary N) is 1. The van der Waals surface area contributed by atoms with E-state index in [1.165, 1.54) is 6.33 Å². The van der Waals surface area contributed by atoms with Gasteiger partial charge < -0.3 is 24.6 Å². The number of nitrogens with zero attached hydrogens (tertiary/aromatic N) is 5. The first-order chi connectivity index (χ1) is 18.8. The highest BCUT2D eigenvalue weighted by Gasteiger charge is 2.53. The number of hydrogen-bond donors (Lipinski definition) is 1. The SMILES string of the molecule is Cc1ccc(CNC(=O)C2(C)Cn3cnc(C(=O)N4CCN(c5ccccc5)CC4)c3C(=O)N2C2CC2)cc1. The maximum absolute atomic E-state index is 13.9. The number of benzene rings is 2. The third kappa shape index (κ3) is 4.66. The summed E-state index contributed by atoms with van der Waals surface area (Å²) in [5.41, 5.74) is 2.70. The zero-order chi connectivity index (χ0) is 27.1. The van der Waals surface area contributed by atoms with E-state index in [9.17, 15) is 14.4 Å². The van der Waals surface area contributed by atoms with E-state index < -0.39 is 5.54 Å². The maximum Gasteiger partial charge on any atom is 0.275 e. The molecule has 9 heteroatoms. The van der Waals surface area contributed by atoms with Crippen LogP contribution in [0.3, 0.4) is 0 Å². The maximum atomic E-state index is 13.9. The van der Waals surface area contributed by atoms with Crippen LogP contribution >= 0.6 is 0 Å². The Labute approximate surface area is 228 Å². The molecule has 2 aliphatic heterocycles. The molecule has 9 nitrogen and oxygen atoms in total. The van der Waals surface area contributed by atoms with Crippen LogP contribution in [0, 0.1) is 6.92 Å². The zero-order valence-electron chi connectivity index (χ0n) is 22.5. The number of rotatable bonds is 6. The lowest BCUT2D eigenvalue weighted by atomic mass is 9.93. The van der Waals surface area contributed by atoms with Crippen molar-refractivity contribution in [2.24, 2.45) is 0 Å². The second-order valence-electron chi connectivity index (χ2n) is 11.0. The normalized spacial score (nSPS) is 21.1. The summed E-state index contributed by atoms with van der Waals surface area (Å²) in [5.74, 6) is -0.721. The number of amides is 3. The van der Waals surface area contributed by atoms with Crippen LogP contribution in [0.1, 0.15) is 51.9 Å². The van der Waals surface area contributed by atoms with Crippen molar-refractivity contribution in [1.29, 1.82) is 0 Å². The van der Waals surface area contributed by atoms with Gasteiger partial charge in [-0.15, -0.1) is 0 Å². The smallest absolute Gasteiger partial charge is 0.275 e. The molecule has 3 aliphatic rings. The van der Waals surface area contributed by atoms with E-state index in [0.717, 1.165) is 29.7 Å². The van der Waals surface area contributed by atoms with Crippen molar-refractivity contribution < 1.29 is 14.4 Å². The lowest BCUT2D eigenvalue weighted by Crippen LogP contribution is -2.64. The highest BCUT2D eigenvalue weighted by Crippen LogP contribution is 2.39. The van der Waals surface area contributed by atoms with Gasteiger partial charge in [0, 0.05) is 44.5 Å². The van der Waals surface area contributed by atoms with Crippen molar-refractivity contribution in [1.82, 2.24) is 24.7 Å². The first-order valence-corrected chi connectivity index (χ1v) is 13.7.